The van der Waals surface area contributed by atoms with Gasteiger partial charge in [0.2, 0.25) is 0 Å². The molecule has 3 aromatic carbocycles. The third-order valence-corrected chi connectivity index (χ3v) is 10.7. The summed E-state index contributed by atoms with van der Waals surface area (Å²) in [5, 5.41) is 6.99. The van der Waals surface area contributed by atoms with Crippen LogP contribution in [-0.2, 0) is 4.79 Å². The van der Waals surface area contributed by atoms with Gasteiger partial charge in [0.15, 0.2) is 0 Å². The molecule has 0 aromatic heterocycles. The Hall–Kier alpha value is -3.17. The number of likely N-dealkylation sites (N-methyl/N-ethyl adjacent to an activating group) is 1. The van der Waals surface area contributed by atoms with Gasteiger partial charge in [-0.05, 0) is 0 Å². The Morgan fingerprint density at radius 2 is 1.23 bits per heavy atom. The van der Waals surface area contributed by atoms with Gasteiger partial charge in [0, 0.05) is 0 Å². The molecule has 3 N–H and O–H groups in total. The summed E-state index contributed by atoms with van der Waals surface area (Å²) in [6, 6.07) is 31.5. The van der Waals surface area contributed by atoms with Gasteiger partial charge in [-0.3, -0.25) is 0 Å². The van der Waals surface area contributed by atoms with Crippen molar-refractivity contribution in [3.63, 3.8) is 0 Å². The third kappa shape index (κ3) is 5.50. The molecule has 6 heteroatoms. The van der Waals surface area contributed by atoms with Crippen molar-refractivity contribution in [3.8, 4) is 0 Å². The van der Waals surface area contributed by atoms with E-state index >= 15 is 0 Å². The molecule has 0 spiro atoms. The standard InChI is InChI=1S/C25H30N3O2P/c1-28(25(26)30)20-24(29)27-18-11-19-31(21-12-5-2-6-13-21,22-14-7-3-8-15-22)23-16-9-4-10-17-23/h2-10,12-17,31H,11,18-20H2,1H3,(H2,26,30)(H,27,29). The molecule has 5 nitrogen and oxygen atoms in total. The number of hydrogen-bond acceptors (Lipinski definition) is 2. The Bertz CT molecular complexity index is 885. The molecule has 162 valence electrons. The number of benzene rings is 3. The van der Waals surface area contributed by atoms with Crippen LogP contribution in [-0.4, -0.2) is 43.1 Å². The molecular formula is C25H30N3O2P. The molecule has 0 saturated heterocycles. The maximum atomic E-state index is 12.1. The van der Waals surface area contributed by atoms with Crippen LogP contribution >= 0.6 is 7.26 Å². The van der Waals surface area contributed by atoms with Gasteiger partial charge in [-0.2, -0.15) is 0 Å². The van der Waals surface area contributed by atoms with Crippen molar-refractivity contribution in [2.75, 3.05) is 26.3 Å². The van der Waals surface area contributed by atoms with Crippen LogP contribution in [0.3, 0.4) is 0 Å². The van der Waals surface area contributed by atoms with Crippen molar-refractivity contribution in [1.82, 2.24) is 10.2 Å². The second kappa shape index (κ2) is 10.7. The molecule has 0 aliphatic heterocycles. The summed E-state index contributed by atoms with van der Waals surface area (Å²) in [5.41, 5.74) is 5.20. The Kier molecular flexibility index (Phi) is 7.80. The van der Waals surface area contributed by atoms with Crippen molar-refractivity contribution in [2.24, 2.45) is 5.73 Å². The zero-order valence-electron chi connectivity index (χ0n) is 17.8. The van der Waals surface area contributed by atoms with E-state index in [-0.39, 0.29) is 12.5 Å². The topological polar surface area (TPSA) is 75.4 Å². The van der Waals surface area contributed by atoms with Gasteiger partial charge >= 0.3 is 184 Å². The summed E-state index contributed by atoms with van der Waals surface area (Å²) in [5.74, 6) is -0.201. The molecule has 0 radical (unpaired) electrons. The number of nitrogens with two attached hydrogens (primary N) is 1. The first-order valence-electron chi connectivity index (χ1n) is 10.5. The molecule has 3 aromatic rings. The van der Waals surface area contributed by atoms with Gasteiger partial charge in [-0.1, -0.05) is 0 Å². The number of primary amides is 1. The zero-order chi connectivity index (χ0) is 22.1. The summed E-state index contributed by atoms with van der Waals surface area (Å²) in [4.78, 5) is 24.5. The van der Waals surface area contributed by atoms with Gasteiger partial charge in [0.25, 0.3) is 0 Å². The zero-order valence-corrected chi connectivity index (χ0v) is 18.8. The fourth-order valence-electron chi connectivity index (χ4n) is 4.03. The summed E-state index contributed by atoms with van der Waals surface area (Å²) >= 11 is 0. The first-order chi connectivity index (χ1) is 15.0. The number of nitrogens with zero attached hydrogens (tertiary/aromatic N) is 1. The van der Waals surface area contributed by atoms with Crippen molar-refractivity contribution < 1.29 is 9.59 Å². The van der Waals surface area contributed by atoms with Gasteiger partial charge in [0.1, 0.15) is 0 Å². The molecule has 0 aliphatic carbocycles. The van der Waals surface area contributed by atoms with Gasteiger partial charge in [0.05, 0.1) is 0 Å². The van der Waals surface area contributed by atoms with E-state index in [4.69, 9.17) is 5.73 Å². The molecule has 0 fully saturated rings. The number of nitrogens with one attached hydrogen (secondary N) is 1. The number of urea groups is 1. The fraction of sp³-hybridized carbons (Fsp3) is 0.200. The van der Waals surface area contributed by atoms with Gasteiger partial charge in [-0.25, -0.2) is 0 Å². The molecule has 0 atom stereocenters. The van der Waals surface area contributed by atoms with E-state index in [1.165, 1.54) is 27.9 Å². The van der Waals surface area contributed by atoms with Crippen LogP contribution in [0.25, 0.3) is 0 Å². The maximum absolute atomic E-state index is 12.1. The molecule has 0 heterocycles. The summed E-state index contributed by atoms with van der Waals surface area (Å²) in [6.45, 7) is 0.515. The van der Waals surface area contributed by atoms with Gasteiger partial charge in [-0.15, -0.1) is 0 Å². The number of amides is 3. The van der Waals surface area contributed by atoms with Crippen molar-refractivity contribution in [1.29, 1.82) is 0 Å². The summed E-state index contributed by atoms with van der Waals surface area (Å²) < 4.78 is 0. The molecular weight excluding hydrogens is 405 g/mol. The quantitative estimate of drug-likeness (QED) is 0.400. The minimum absolute atomic E-state index is 0.0338. The molecule has 31 heavy (non-hydrogen) atoms. The SMILES string of the molecule is CN(CC(=O)NCCC[PH](c1ccccc1)(c1ccccc1)c1ccccc1)C(N)=O. The Morgan fingerprint density at radius 1 is 0.806 bits per heavy atom. The second-order valence-corrected chi connectivity index (χ2v) is 11.7. The van der Waals surface area contributed by atoms with Crippen LogP contribution in [0.15, 0.2) is 91.0 Å². The van der Waals surface area contributed by atoms with E-state index < -0.39 is 13.3 Å². The van der Waals surface area contributed by atoms with Crippen LogP contribution in [0, 0.1) is 0 Å². The van der Waals surface area contributed by atoms with Crippen LogP contribution < -0.4 is 27.0 Å². The van der Waals surface area contributed by atoms with Crippen LogP contribution in [0.4, 0.5) is 4.79 Å². The average molecular weight is 436 g/mol. The van der Waals surface area contributed by atoms with Crippen LogP contribution in [0.1, 0.15) is 6.42 Å². The van der Waals surface area contributed by atoms with E-state index in [0.717, 1.165) is 12.6 Å². The number of hydrogen-bond donors (Lipinski definition) is 2. The first-order valence-corrected chi connectivity index (χ1v) is 12.7. The summed E-state index contributed by atoms with van der Waals surface area (Å²) in [6.07, 6.45) is 1.79. The van der Waals surface area contributed by atoms with Crippen molar-refractivity contribution >= 4 is 35.1 Å². The fourth-order valence-corrected chi connectivity index (χ4v) is 8.89. The Labute approximate surface area is 184 Å². The Morgan fingerprint density at radius 3 is 1.61 bits per heavy atom. The molecule has 0 unspecified atom stereocenters. The molecule has 0 bridgehead atoms. The third-order valence-electron chi connectivity index (χ3n) is 5.61. The monoisotopic (exact) mass is 435 g/mol. The predicted octanol–water partition coefficient (Wildman–Crippen LogP) is 2.23. The van der Waals surface area contributed by atoms with Crippen molar-refractivity contribution in [3.05, 3.63) is 91.0 Å². The number of carbonyl (C=O) groups excluding carboxylic acids is 2. The number of rotatable bonds is 9. The van der Waals surface area contributed by atoms with Gasteiger partial charge < -0.3 is 0 Å². The molecule has 3 rings (SSSR count). The molecule has 0 saturated carbocycles. The second-order valence-electron chi connectivity index (χ2n) is 7.65. The first kappa shape index (κ1) is 22.5. The molecule has 3 amide bonds. The van der Waals surface area contributed by atoms with E-state index in [9.17, 15) is 9.59 Å². The van der Waals surface area contributed by atoms with Crippen molar-refractivity contribution in [2.45, 2.75) is 6.42 Å². The van der Waals surface area contributed by atoms with Crippen LogP contribution in [0.5, 0.6) is 0 Å². The van der Waals surface area contributed by atoms with E-state index in [2.05, 4.69) is 78.1 Å². The van der Waals surface area contributed by atoms with E-state index in [0.29, 0.717) is 6.54 Å². The van der Waals surface area contributed by atoms with Crippen LogP contribution in [0.2, 0.25) is 0 Å². The van der Waals surface area contributed by atoms with E-state index in [1.807, 2.05) is 18.2 Å². The molecule has 0 aliphatic rings. The Balaban J connectivity index is 1.87. The summed E-state index contributed by atoms with van der Waals surface area (Å²) in [7, 11) is -0.768. The average Bonchev–Trinajstić information content (AvgIpc) is 2.81. The van der Waals surface area contributed by atoms with E-state index in [1.54, 1.807) is 0 Å². The minimum atomic E-state index is -2.28. The predicted molar refractivity (Wildman–Crippen MR) is 131 cm³/mol. The number of carbonyl (C=O) groups is 2. The normalized spacial score (nSPS) is 11.5.